The van der Waals surface area contributed by atoms with Crippen LogP contribution in [0.1, 0.15) is 29.8 Å². The number of nitrogens with zero attached hydrogens (tertiary/aromatic N) is 1. The summed E-state index contributed by atoms with van der Waals surface area (Å²) in [6.07, 6.45) is 0. The minimum absolute atomic E-state index is 0.0166. The maximum Gasteiger partial charge on any atom is 0.251 e. The summed E-state index contributed by atoms with van der Waals surface area (Å²) in [6.45, 7) is 5.24. The average molecular weight is 267 g/mol. The van der Waals surface area contributed by atoms with E-state index >= 15 is 0 Å². The van der Waals surface area contributed by atoms with Crippen molar-refractivity contribution in [1.82, 2.24) is 5.32 Å². The van der Waals surface area contributed by atoms with Gasteiger partial charge in [0, 0.05) is 17.5 Å². The normalized spacial score (nSPS) is 12.3. The lowest BCUT2D eigenvalue weighted by atomic mass is 9.92. The molecule has 19 heavy (non-hydrogen) atoms. The van der Waals surface area contributed by atoms with Crippen LogP contribution in [-0.4, -0.2) is 23.5 Å². The van der Waals surface area contributed by atoms with Crippen molar-refractivity contribution in [2.75, 3.05) is 6.54 Å². The zero-order valence-electron chi connectivity index (χ0n) is 11.2. The Morgan fingerprint density at radius 1 is 1.53 bits per heavy atom. The Labute approximate surface area is 111 Å². The minimum atomic E-state index is -0.687. The number of amides is 1. The third-order valence-corrected chi connectivity index (χ3v) is 2.93. The van der Waals surface area contributed by atoms with Crippen LogP contribution in [0.15, 0.2) is 23.4 Å². The highest BCUT2D eigenvalue weighted by Crippen LogP contribution is 2.14. The van der Waals surface area contributed by atoms with E-state index in [9.17, 15) is 9.18 Å². The van der Waals surface area contributed by atoms with Crippen molar-refractivity contribution in [2.45, 2.75) is 20.8 Å². The van der Waals surface area contributed by atoms with Crippen molar-refractivity contribution < 1.29 is 14.4 Å². The van der Waals surface area contributed by atoms with Crippen LogP contribution in [0.3, 0.4) is 0 Å². The molecule has 0 fully saturated rings. The Hall–Kier alpha value is -2.11. The van der Waals surface area contributed by atoms with Crippen LogP contribution in [0.4, 0.5) is 4.39 Å². The molecule has 0 spiro atoms. The SMILES string of the molecule is Cc1ccc(C(=O)NCC(C)(C)/C(N)=N/O)cc1F. The first-order chi connectivity index (χ1) is 8.77. The predicted octanol–water partition coefficient (Wildman–Crippen LogP) is 1.64. The molecule has 104 valence electrons. The zero-order valence-corrected chi connectivity index (χ0v) is 11.2. The summed E-state index contributed by atoms with van der Waals surface area (Å²) in [4.78, 5) is 11.8. The number of aryl methyl sites for hydroxylation is 1. The maximum absolute atomic E-state index is 13.3. The predicted molar refractivity (Wildman–Crippen MR) is 70.7 cm³/mol. The van der Waals surface area contributed by atoms with Crippen molar-refractivity contribution in [3.63, 3.8) is 0 Å². The van der Waals surface area contributed by atoms with E-state index in [4.69, 9.17) is 10.9 Å². The topological polar surface area (TPSA) is 87.7 Å². The molecule has 0 saturated carbocycles. The zero-order chi connectivity index (χ0) is 14.6. The first-order valence-electron chi connectivity index (χ1n) is 5.80. The van der Waals surface area contributed by atoms with Gasteiger partial charge in [0.1, 0.15) is 11.7 Å². The van der Waals surface area contributed by atoms with Gasteiger partial charge in [-0.25, -0.2) is 4.39 Å². The first kappa shape index (κ1) is 14.9. The fourth-order valence-electron chi connectivity index (χ4n) is 1.36. The highest BCUT2D eigenvalue weighted by Gasteiger charge is 2.24. The van der Waals surface area contributed by atoms with E-state index in [1.165, 1.54) is 6.07 Å². The van der Waals surface area contributed by atoms with Crippen molar-refractivity contribution in [1.29, 1.82) is 0 Å². The molecule has 0 bridgehead atoms. The fourth-order valence-corrected chi connectivity index (χ4v) is 1.36. The molecule has 4 N–H and O–H groups in total. The Kier molecular flexibility index (Phi) is 4.47. The number of oxime groups is 1. The van der Waals surface area contributed by atoms with Crippen LogP contribution in [0, 0.1) is 18.2 Å². The summed E-state index contributed by atoms with van der Waals surface area (Å²) in [5.74, 6) is -0.816. The van der Waals surface area contributed by atoms with E-state index in [1.807, 2.05) is 0 Å². The molecular weight excluding hydrogens is 249 g/mol. The number of amidine groups is 1. The van der Waals surface area contributed by atoms with Crippen molar-refractivity contribution in [3.05, 3.63) is 35.1 Å². The molecule has 1 amide bonds. The summed E-state index contributed by atoms with van der Waals surface area (Å²) < 4.78 is 13.3. The van der Waals surface area contributed by atoms with Crippen molar-refractivity contribution in [3.8, 4) is 0 Å². The van der Waals surface area contributed by atoms with E-state index in [2.05, 4.69) is 10.5 Å². The van der Waals surface area contributed by atoms with Gasteiger partial charge in [-0.15, -0.1) is 0 Å². The number of benzene rings is 1. The first-order valence-corrected chi connectivity index (χ1v) is 5.80. The van der Waals surface area contributed by atoms with Gasteiger partial charge in [-0.3, -0.25) is 4.79 Å². The molecule has 1 rings (SSSR count). The molecule has 6 heteroatoms. The molecule has 0 atom stereocenters. The second-order valence-electron chi connectivity index (χ2n) is 5.02. The van der Waals surface area contributed by atoms with Crippen LogP contribution in [0.25, 0.3) is 0 Å². The summed E-state index contributed by atoms with van der Waals surface area (Å²) in [5.41, 5.74) is 5.54. The monoisotopic (exact) mass is 267 g/mol. The number of carbonyl (C=O) groups excluding carboxylic acids is 1. The minimum Gasteiger partial charge on any atom is -0.409 e. The van der Waals surface area contributed by atoms with Gasteiger partial charge >= 0.3 is 0 Å². The standard InChI is InChI=1S/C13H18FN3O2/c1-8-4-5-9(6-10(8)14)11(18)16-7-13(2,3)12(15)17-19/h4-6,19H,7H2,1-3H3,(H2,15,17)(H,16,18). The number of nitrogens with two attached hydrogens (primary N) is 1. The van der Waals surface area contributed by atoms with Crippen LogP contribution in [0.2, 0.25) is 0 Å². The largest absolute Gasteiger partial charge is 0.409 e. The second-order valence-corrected chi connectivity index (χ2v) is 5.02. The van der Waals surface area contributed by atoms with Crippen LogP contribution in [-0.2, 0) is 0 Å². The van der Waals surface area contributed by atoms with Crippen molar-refractivity contribution in [2.24, 2.45) is 16.3 Å². The molecule has 5 nitrogen and oxygen atoms in total. The van der Waals surface area contributed by atoms with Crippen molar-refractivity contribution >= 4 is 11.7 Å². The molecule has 0 aliphatic rings. The van der Waals surface area contributed by atoms with Gasteiger partial charge < -0.3 is 16.3 Å². The number of rotatable bonds is 4. The highest BCUT2D eigenvalue weighted by molar-refractivity contribution is 5.95. The third kappa shape index (κ3) is 3.67. The second kappa shape index (κ2) is 5.69. The number of halogens is 1. The number of nitrogens with one attached hydrogen (secondary N) is 1. The fraction of sp³-hybridized carbons (Fsp3) is 0.385. The van der Waals surface area contributed by atoms with Gasteiger partial charge in [0.25, 0.3) is 5.91 Å². The number of hydrogen-bond donors (Lipinski definition) is 3. The Morgan fingerprint density at radius 2 is 2.16 bits per heavy atom. The van der Waals surface area contributed by atoms with Gasteiger partial charge in [0.2, 0.25) is 0 Å². The smallest absolute Gasteiger partial charge is 0.251 e. The number of carbonyl (C=O) groups is 1. The van der Waals surface area contributed by atoms with Gasteiger partial charge in [-0.2, -0.15) is 0 Å². The van der Waals surface area contributed by atoms with Crippen LogP contribution >= 0.6 is 0 Å². The summed E-state index contributed by atoms with van der Waals surface area (Å²) in [7, 11) is 0. The van der Waals surface area contributed by atoms with E-state index in [-0.39, 0.29) is 17.9 Å². The molecule has 1 aromatic carbocycles. The Morgan fingerprint density at radius 3 is 2.68 bits per heavy atom. The molecular formula is C13H18FN3O2. The lowest BCUT2D eigenvalue weighted by Crippen LogP contribution is -2.42. The molecule has 0 radical (unpaired) electrons. The Bertz CT molecular complexity index is 513. The quantitative estimate of drug-likeness (QED) is 0.335. The van der Waals surface area contributed by atoms with E-state index in [0.717, 1.165) is 0 Å². The number of hydrogen-bond acceptors (Lipinski definition) is 3. The van der Waals surface area contributed by atoms with Gasteiger partial charge in [-0.05, 0) is 24.6 Å². The van der Waals surface area contributed by atoms with E-state index < -0.39 is 17.1 Å². The Balaban J connectivity index is 2.73. The summed E-state index contributed by atoms with van der Waals surface area (Å²) in [5, 5.41) is 14.2. The molecule has 1 aromatic rings. The lowest BCUT2D eigenvalue weighted by Gasteiger charge is -2.23. The molecule has 0 heterocycles. The van der Waals surface area contributed by atoms with E-state index in [1.54, 1.807) is 32.9 Å². The maximum atomic E-state index is 13.3. The highest BCUT2D eigenvalue weighted by atomic mass is 19.1. The van der Waals surface area contributed by atoms with Crippen LogP contribution in [0.5, 0.6) is 0 Å². The summed E-state index contributed by atoms with van der Waals surface area (Å²) in [6, 6.07) is 4.27. The van der Waals surface area contributed by atoms with Crippen LogP contribution < -0.4 is 11.1 Å². The third-order valence-electron chi connectivity index (χ3n) is 2.93. The molecule has 0 aliphatic heterocycles. The van der Waals surface area contributed by atoms with Gasteiger partial charge in [0.15, 0.2) is 0 Å². The molecule has 0 unspecified atom stereocenters. The van der Waals surface area contributed by atoms with Gasteiger partial charge in [0.05, 0.1) is 0 Å². The lowest BCUT2D eigenvalue weighted by molar-refractivity contribution is 0.0944. The summed E-state index contributed by atoms with van der Waals surface area (Å²) >= 11 is 0. The molecule has 0 saturated heterocycles. The molecule has 0 aliphatic carbocycles. The average Bonchev–Trinajstić information content (AvgIpc) is 2.38. The van der Waals surface area contributed by atoms with Gasteiger partial charge in [-0.1, -0.05) is 25.1 Å². The molecule has 0 aromatic heterocycles. The van der Waals surface area contributed by atoms with E-state index in [0.29, 0.717) is 5.56 Å².